The fraction of sp³-hybridized carbons (Fsp3) is 0.716. The number of unbranched alkanes of at least 4 members (excludes halogenated alkanes) is 38. The van der Waals surface area contributed by atoms with Gasteiger partial charge >= 0.3 is 33.6 Å². The van der Waals surface area contributed by atoms with Crippen molar-refractivity contribution in [3.8, 4) is 0 Å². The molecular weight excluding hydrogens is 1460 g/mol. The third-order valence-electron chi connectivity index (χ3n) is 19.0. The normalized spacial score (nSPS) is 14.5. The molecule has 0 radical (unpaired) electrons. The van der Waals surface area contributed by atoms with E-state index in [4.69, 9.17) is 32.3 Å². The summed E-state index contributed by atoms with van der Waals surface area (Å²) in [6, 6.07) is 0. The van der Waals surface area contributed by atoms with Crippen molar-refractivity contribution < 1.29 is 75.8 Å². The van der Waals surface area contributed by atoms with Gasteiger partial charge < -0.3 is 34.2 Å². The van der Waals surface area contributed by atoms with Crippen molar-refractivity contribution in [3.05, 3.63) is 146 Å². The number of phosphoric ester groups is 2. The Balaban J connectivity index is 4.44. The van der Waals surface area contributed by atoms with Gasteiger partial charge in [0.25, 0.3) is 0 Å². The molecule has 0 aromatic carbocycles. The lowest BCUT2D eigenvalue weighted by molar-refractivity contribution is -0.161. The van der Waals surface area contributed by atoms with Crippen LogP contribution in [0.4, 0.5) is 0 Å². The number of hydrogen-bond donors (Lipinski definition) is 4. The van der Waals surface area contributed by atoms with Crippen molar-refractivity contribution in [1.82, 2.24) is 0 Å². The molecule has 0 aliphatic rings. The highest BCUT2D eigenvalue weighted by molar-refractivity contribution is 7.47. The van der Waals surface area contributed by atoms with Crippen LogP contribution in [0.25, 0.3) is 0 Å². The van der Waals surface area contributed by atoms with Gasteiger partial charge in [0, 0.05) is 19.3 Å². The highest BCUT2D eigenvalue weighted by atomic mass is 31.2. The lowest BCUT2D eigenvalue weighted by Crippen LogP contribution is -2.30. The molecule has 0 rings (SSSR count). The second kappa shape index (κ2) is 86.8. The van der Waals surface area contributed by atoms with Crippen LogP contribution in [0.5, 0.6) is 0 Å². The van der Waals surface area contributed by atoms with Gasteiger partial charge in [-0.3, -0.25) is 32.5 Å². The van der Waals surface area contributed by atoms with Gasteiger partial charge in [0.15, 0.2) is 6.10 Å². The zero-order valence-electron chi connectivity index (χ0n) is 71.5. The number of carbonyl (C=O) groups is 3. The maximum Gasteiger partial charge on any atom is 0.472 e. The first-order valence-corrected chi connectivity index (χ1v) is 48.1. The Morgan fingerprint density at radius 1 is 0.257 bits per heavy atom. The van der Waals surface area contributed by atoms with Crippen molar-refractivity contribution >= 4 is 33.6 Å². The minimum atomic E-state index is -4.94. The Labute approximate surface area is 689 Å². The summed E-state index contributed by atoms with van der Waals surface area (Å²) in [4.78, 5) is 58.9. The third-order valence-corrected chi connectivity index (χ3v) is 20.9. The van der Waals surface area contributed by atoms with Crippen LogP contribution in [0, 0.1) is 0 Å². The van der Waals surface area contributed by atoms with Crippen LogP contribution in [0.2, 0.25) is 0 Å². The van der Waals surface area contributed by atoms with Crippen LogP contribution < -0.4 is 0 Å². The maximum absolute atomic E-state index is 13.0. The largest absolute Gasteiger partial charge is 0.472 e. The smallest absolute Gasteiger partial charge is 0.463 e. The lowest BCUT2D eigenvalue weighted by Gasteiger charge is -2.21. The fourth-order valence-electron chi connectivity index (χ4n) is 12.2. The monoisotopic (exact) mass is 1620 g/mol. The molecule has 650 valence electrons. The number of aliphatic hydroxyl groups is 2. The van der Waals surface area contributed by atoms with Crippen LogP contribution >= 0.6 is 15.6 Å². The number of esters is 3. The number of hydrogen-bond acceptors (Lipinski definition) is 14. The van der Waals surface area contributed by atoms with Gasteiger partial charge in [0.1, 0.15) is 25.4 Å². The first-order valence-electron chi connectivity index (χ1n) is 45.1. The Hall–Kier alpha value is -4.57. The summed E-state index contributed by atoms with van der Waals surface area (Å²) >= 11 is 0. The molecular formula is C95H164O16P2. The lowest BCUT2D eigenvalue weighted by atomic mass is 10.0. The average molecular weight is 1620 g/mol. The minimum absolute atomic E-state index is 0.0935. The van der Waals surface area contributed by atoms with E-state index in [-0.39, 0.29) is 19.3 Å². The highest BCUT2D eigenvalue weighted by Crippen LogP contribution is 2.45. The molecule has 0 spiro atoms. The molecule has 5 unspecified atom stereocenters. The van der Waals surface area contributed by atoms with E-state index in [0.717, 1.165) is 161 Å². The number of ether oxygens (including phenoxy) is 3. The zero-order chi connectivity index (χ0) is 82.2. The molecule has 0 saturated heterocycles. The van der Waals surface area contributed by atoms with Gasteiger partial charge in [0.2, 0.25) is 0 Å². The predicted molar refractivity (Wildman–Crippen MR) is 473 cm³/mol. The summed E-state index contributed by atoms with van der Waals surface area (Å²) in [6.07, 6.45) is 109. The van der Waals surface area contributed by atoms with Crippen LogP contribution in [-0.4, -0.2) is 95.9 Å². The number of aliphatic hydroxyl groups excluding tert-OH is 2. The van der Waals surface area contributed by atoms with Gasteiger partial charge in [-0.25, -0.2) is 9.13 Å². The number of rotatable bonds is 85. The minimum Gasteiger partial charge on any atom is -0.463 e. The average Bonchev–Trinajstić information content (AvgIpc) is 0.904. The fourth-order valence-corrected chi connectivity index (χ4v) is 13.8. The second-order valence-electron chi connectivity index (χ2n) is 30.0. The van der Waals surface area contributed by atoms with E-state index in [1.54, 1.807) is 0 Å². The quantitative estimate of drug-likeness (QED) is 0.0146. The maximum atomic E-state index is 13.0. The summed E-state index contributed by atoms with van der Waals surface area (Å²) in [7, 11) is -9.80. The molecule has 4 N–H and O–H groups in total. The molecule has 0 aliphatic carbocycles. The summed E-state index contributed by atoms with van der Waals surface area (Å²) in [6.45, 7) is 2.48. The third kappa shape index (κ3) is 88.1. The predicted octanol–water partition coefficient (Wildman–Crippen LogP) is 27.6. The molecule has 113 heavy (non-hydrogen) atoms. The summed E-state index contributed by atoms with van der Waals surface area (Å²) in [5, 5.41) is 20.7. The molecule has 0 fully saturated rings. The number of phosphoric acid groups is 2. The van der Waals surface area contributed by atoms with E-state index in [1.165, 1.54) is 161 Å². The van der Waals surface area contributed by atoms with Crippen LogP contribution in [0.15, 0.2) is 146 Å². The van der Waals surface area contributed by atoms with Crippen molar-refractivity contribution in [2.75, 3.05) is 39.6 Å². The van der Waals surface area contributed by atoms with E-state index in [2.05, 4.69) is 167 Å². The van der Waals surface area contributed by atoms with E-state index < -0.39 is 91.5 Å². The van der Waals surface area contributed by atoms with E-state index in [9.17, 15) is 43.5 Å². The molecule has 18 heteroatoms. The molecule has 0 aromatic heterocycles. The Bertz CT molecular complexity index is 2630. The number of allylic oxidation sites excluding steroid dienone is 24. The van der Waals surface area contributed by atoms with Crippen LogP contribution in [-0.2, 0) is 55.8 Å². The Kier molecular flexibility index (Phi) is 83.3. The molecule has 16 nitrogen and oxygen atoms in total. The van der Waals surface area contributed by atoms with Gasteiger partial charge in [-0.2, -0.15) is 0 Å². The standard InChI is InChI=1S/C95H164O16P2/c1-4-7-10-13-16-19-22-25-28-30-32-34-36-38-40-41-42-43-44-45-46-47-49-51-52-54-56-58-61-63-66-69-72-75-78-81-93(98)105-84-90(96)85-107-112(101,102)108-86-91(97)87-109-113(103,104)110-89-92(111-95(100)83-80-77-74-71-68-65-60-27-24-21-18-15-12-9-6-3)88-106-94(99)82-79-76-73-70-67-64-62-59-57-55-53-50-48-39-37-35-33-31-29-26-23-20-17-14-11-8-5-2/h7-8,10-11,16-17,19-20,25-29,32-35,38-40,42-43,48,60,90-92,96-97H,4-6,9,12-15,18,21-24,30-31,36-37,41,44-47,49-59,61-89H2,1-3H3,(H,101,102)(H,103,104)/b10-7-,11-8-,19-16-,20-17-,28-25-,29-26-,34-32-,35-33-,40-38-,43-42-,48-39-,60-27-. The number of carbonyl (C=O) groups excluding carboxylic acids is 3. The molecule has 0 heterocycles. The molecule has 5 atom stereocenters. The Morgan fingerprint density at radius 2 is 0.469 bits per heavy atom. The molecule has 0 amide bonds. The Morgan fingerprint density at radius 3 is 0.752 bits per heavy atom. The topological polar surface area (TPSA) is 231 Å². The molecule has 0 bridgehead atoms. The van der Waals surface area contributed by atoms with Gasteiger partial charge in [-0.05, 0) is 141 Å². The van der Waals surface area contributed by atoms with Gasteiger partial charge in [-0.15, -0.1) is 0 Å². The van der Waals surface area contributed by atoms with Crippen LogP contribution in [0.3, 0.4) is 0 Å². The summed E-state index contributed by atoms with van der Waals surface area (Å²) < 4.78 is 61.4. The van der Waals surface area contributed by atoms with Gasteiger partial charge in [0.05, 0.1) is 26.4 Å². The molecule has 0 saturated carbocycles. The van der Waals surface area contributed by atoms with E-state index in [1.807, 2.05) is 0 Å². The summed E-state index contributed by atoms with van der Waals surface area (Å²) in [5.41, 5.74) is 0. The van der Waals surface area contributed by atoms with E-state index in [0.29, 0.717) is 19.3 Å². The first-order chi connectivity index (χ1) is 55.2. The first kappa shape index (κ1) is 108. The van der Waals surface area contributed by atoms with Crippen molar-refractivity contribution in [2.45, 2.75) is 399 Å². The van der Waals surface area contributed by atoms with Crippen molar-refractivity contribution in [1.29, 1.82) is 0 Å². The zero-order valence-corrected chi connectivity index (χ0v) is 73.3. The second-order valence-corrected chi connectivity index (χ2v) is 32.9. The highest BCUT2D eigenvalue weighted by Gasteiger charge is 2.29. The van der Waals surface area contributed by atoms with E-state index >= 15 is 0 Å². The van der Waals surface area contributed by atoms with Crippen molar-refractivity contribution in [3.63, 3.8) is 0 Å². The van der Waals surface area contributed by atoms with Crippen molar-refractivity contribution in [2.24, 2.45) is 0 Å². The molecule has 0 aromatic rings. The van der Waals surface area contributed by atoms with Crippen LogP contribution in [0.1, 0.15) is 380 Å². The molecule has 0 aliphatic heterocycles. The SMILES string of the molecule is CC/C=C\C/C=C\C/C=C\C/C=C\C/C=C\C/C=C\CCCCCCCCCCCCCCCCCCC(=O)OCC(O)COP(=O)(O)OCC(O)COP(=O)(O)OCC(COC(=O)CCCCCCCCCCCCC/C=C\C/C=C\C/C=C\C/C=C\C/C=C\CC)OC(=O)CCCCCCC/C=C\CCCCCCCC. The summed E-state index contributed by atoms with van der Waals surface area (Å²) in [5.74, 6) is -1.58. The van der Waals surface area contributed by atoms with Gasteiger partial charge in [-0.1, -0.05) is 366 Å².